The largest absolute Gasteiger partial charge is 0.484 e. The van der Waals surface area contributed by atoms with Crippen molar-refractivity contribution in [2.75, 3.05) is 33.3 Å². The Bertz CT molecular complexity index is 850. The maximum absolute atomic E-state index is 12.4. The fraction of sp³-hybridized carbons (Fsp3) is 0.381. The number of hydrogen-bond donors (Lipinski definition) is 0. The predicted molar refractivity (Wildman–Crippen MR) is 103 cm³/mol. The highest BCUT2D eigenvalue weighted by atomic mass is 16.6. The van der Waals surface area contributed by atoms with Crippen molar-refractivity contribution in [3.05, 3.63) is 53.7 Å². The van der Waals surface area contributed by atoms with E-state index in [1.807, 2.05) is 19.2 Å². The number of amides is 2. The highest BCUT2D eigenvalue weighted by Gasteiger charge is 2.34. The van der Waals surface area contributed by atoms with Crippen molar-refractivity contribution in [1.29, 1.82) is 0 Å². The maximum Gasteiger partial charge on any atom is 0.261 e. The minimum absolute atomic E-state index is 0.0661. The van der Waals surface area contributed by atoms with Crippen LogP contribution in [0.2, 0.25) is 0 Å². The molecule has 3 heterocycles. The number of benzene rings is 1. The lowest BCUT2D eigenvalue weighted by atomic mass is 10.1. The minimum Gasteiger partial charge on any atom is -0.484 e. The summed E-state index contributed by atoms with van der Waals surface area (Å²) in [4.78, 5) is 32.4. The van der Waals surface area contributed by atoms with Gasteiger partial charge in [0.05, 0.1) is 11.1 Å². The normalized spacial score (nSPS) is 17.9. The summed E-state index contributed by atoms with van der Waals surface area (Å²) in [5.41, 5.74) is 1.01. The summed E-state index contributed by atoms with van der Waals surface area (Å²) in [5, 5.41) is 0. The first kappa shape index (κ1) is 18.4. The number of carbonyl (C=O) groups excluding carboxylic acids is 2. The molecule has 0 aliphatic carbocycles. The first-order valence-electron chi connectivity index (χ1n) is 9.51. The van der Waals surface area contributed by atoms with Gasteiger partial charge in [0.25, 0.3) is 17.7 Å². The maximum atomic E-state index is 12.4. The van der Waals surface area contributed by atoms with Crippen LogP contribution >= 0.6 is 0 Å². The van der Waals surface area contributed by atoms with Gasteiger partial charge in [-0.3, -0.25) is 14.5 Å². The number of nitrogens with zero attached hydrogens (tertiary/aromatic N) is 3. The van der Waals surface area contributed by atoms with Gasteiger partial charge in [0.1, 0.15) is 12.7 Å². The topological polar surface area (TPSA) is 72.0 Å². The van der Waals surface area contributed by atoms with Crippen molar-refractivity contribution in [2.24, 2.45) is 0 Å². The van der Waals surface area contributed by atoms with Crippen LogP contribution < -0.4 is 9.47 Å². The van der Waals surface area contributed by atoms with Crippen LogP contribution in [0.3, 0.4) is 0 Å². The summed E-state index contributed by atoms with van der Waals surface area (Å²) in [7, 11) is 2.03. The molecule has 1 aromatic carbocycles. The molecule has 0 bridgehead atoms. The Morgan fingerprint density at radius 2 is 1.86 bits per heavy atom. The quantitative estimate of drug-likeness (QED) is 0.541. The van der Waals surface area contributed by atoms with E-state index in [2.05, 4.69) is 9.88 Å². The van der Waals surface area contributed by atoms with E-state index in [9.17, 15) is 9.59 Å². The van der Waals surface area contributed by atoms with Crippen molar-refractivity contribution in [3.63, 3.8) is 0 Å². The number of carbonyl (C=O) groups is 2. The molecule has 0 saturated carbocycles. The van der Waals surface area contributed by atoms with E-state index >= 15 is 0 Å². The summed E-state index contributed by atoms with van der Waals surface area (Å²) in [6.07, 6.45) is 3.27. The summed E-state index contributed by atoms with van der Waals surface area (Å²) >= 11 is 0. The van der Waals surface area contributed by atoms with Gasteiger partial charge in [-0.2, -0.15) is 0 Å². The molecule has 0 fully saturated rings. The van der Waals surface area contributed by atoms with Crippen molar-refractivity contribution in [1.82, 2.24) is 14.8 Å². The van der Waals surface area contributed by atoms with Gasteiger partial charge in [0.15, 0.2) is 5.75 Å². The van der Waals surface area contributed by atoms with Crippen LogP contribution in [-0.4, -0.2) is 66.0 Å². The van der Waals surface area contributed by atoms with Crippen LogP contribution in [0.4, 0.5) is 0 Å². The Morgan fingerprint density at radius 1 is 1.11 bits per heavy atom. The molecule has 0 spiro atoms. The van der Waals surface area contributed by atoms with Gasteiger partial charge in [-0.15, -0.1) is 0 Å². The second-order valence-electron chi connectivity index (χ2n) is 7.13. The third kappa shape index (κ3) is 3.71. The third-order valence-electron chi connectivity index (χ3n) is 5.00. The molecule has 1 aromatic heterocycles. The van der Waals surface area contributed by atoms with Crippen LogP contribution in [0.25, 0.3) is 0 Å². The first-order chi connectivity index (χ1) is 13.6. The van der Waals surface area contributed by atoms with Gasteiger partial charge in [-0.25, -0.2) is 4.98 Å². The van der Waals surface area contributed by atoms with Gasteiger partial charge in [-0.05, 0) is 50.7 Å². The molecular formula is C21H23N3O4. The van der Waals surface area contributed by atoms with Crippen LogP contribution in [0.1, 0.15) is 33.6 Å². The zero-order chi connectivity index (χ0) is 19.5. The lowest BCUT2D eigenvalue weighted by molar-refractivity contribution is 0.0592. The van der Waals surface area contributed by atoms with Gasteiger partial charge < -0.3 is 14.4 Å². The van der Waals surface area contributed by atoms with Gasteiger partial charge >= 0.3 is 0 Å². The van der Waals surface area contributed by atoms with Gasteiger partial charge in [0, 0.05) is 19.3 Å². The Labute approximate surface area is 163 Å². The van der Waals surface area contributed by atoms with E-state index in [0.29, 0.717) is 35.9 Å². The molecule has 1 atom stereocenters. The van der Waals surface area contributed by atoms with Crippen LogP contribution in [-0.2, 0) is 0 Å². The van der Waals surface area contributed by atoms with Crippen LogP contribution in [0, 0.1) is 0 Å². The van der Waals surface area contributed by atoms with E-state index < -0.39 is 0 Å². The summed E-state index contributed by atoms with van der Waals surface area (Å²) < 4.78 is 11.6. The summed E-state index contributed by atoms with van der Waals surface area (Å²) in [5.74, 6) is 0.848. The van der Waals surface area contributed by atoms with E-state index in [0.717, 1.165) is 25.9 Å². The number of fused-ring (bicyclic) bond motifs is 2. The molecule has 2 aliphatic rings. The molecule has 4 rings (SSSR count). The number of rotatable bonds is 7. The zero-order valence-electron chi connectivity index (χ0n) is 15.8. The van der Waals surface area contributed by atoms with E-state index in [4.69, 9.17) is 9.47 Å². The second kappa shape index (κ2) is 7.98. The van der Waals surface area contributed by atoms with Crippen molar-refractivity contribution >= 4 is 11.8 Å². The lowest BCUT2D eigenvalue weighted by Gasteiger charge is -2.28. The minimum atomic E-state index is -0.187. The average Bonchev–Trinajstić information content (AvgIpc) is 2.96. The standard InChI is InChI=1S/C21H23N3O4/c1-23(13-15-14-27-18-9-6-10-22-19(18)28-15)11-4-5-12-24-20(25)16-7-2-3-8-17(16)21(24)26/h2-3,6-10,15H,4-5,11-14H2,1H3. The van der Waals surface area contributed by atoms with Crippen molar-refractivity contribution in [2.45, 2.75) is 18.9 Å². The third-order valence-corrected chi connectivity index (χ3v) is 5.00. The summed E-state index contributed by atoms with van der Waals surface area (Å²) in [6.45, 7) is 2.51. The monoisotopic (exact) mass is 381 g/mol. The highest BCUT2D eigenvalue weighted by molar-refractivity contribution is 6.21. The molecule has 1 unspecified atom stereocenters. The number of ether oxygens (including phenoxy) is 2. The van der Waals surface area contributed by atoms with Gasteiger partial charge in [-0.1, -0.05) is 12.1 Å². The van der Waals surface area contributed by atoms with Crippen molar-refractivity contribution < 1.29 is 19.1 Å². The molecule has 0 saturated heterocycles. The predicted octanol–water partition coefficient (Wildman–Crippen LogP) is 2.23. The number of imide groups is 1. The molecule has 2 amide bonds. The van der Waals surface area contributed by atoms with Crippen LogP contribution in [0.5, 0.6) is 11.6 Å². The molecular weight excluding hydrogens is 358 g/mol. The molecule has 2 aromatic rings. The van der Waals surface area contributed by atoms with E-state index in [1.54, 1.807) is 30.5 Å². The number of unbranched alkanes of at least 4 members (excludes halogenated alkanes) is 1. The molecule has 0 radical (unpaired) electrons. The van der Waals surface area contributed by atoms with E-state index in [1.165, 1.54) is 4.90 Å². The van der Waals surface area contributed by atoms with Crippen molar-refractivity contribution in [3.8, 4) is 11.6 Å². The SMILES string of the molecule is CN(CCCCN1C(=O)c2ccccc2C1=O)CC1COc2cccnc2O1. The number of hydrogen-bond acceptors (Lipinski definition) is 6. The molecule has 28 heavy (non-hydrogen) atoms. The van der Waals surface area contributed by atoms with E-state index in [-0.39, 0.29) is 17.9 Å². The Kier molecular flexibility index (Phi) is 5.25. The molecule has 0 N–H and O–H groups in total. The Morgan fingerprint density at radius 3 is 2.61 bits per heavy atom. The highest BCUT2D eigenvalue weighted by Crippen LogP contribution is 2.28. The zero-order valence-corrected chi connectivity index (χ0v) is 15.8. The fourth-order valence-electron chi connectivity index (χ4n) is 3.57. The molecule has 7 nitrogen and oxygen atoms in total. The molecule has 146 valence electrons. The second-order valence-corrected chi connectivity index (χ2v) is 7.13. The van der Waals surface area contributed by atoms with Crippen LogP contribution in [0.15, 0.2) is 42.6 Å². The van der Waals surface area contributed by atoms with Gasteiger partial charge in [0.2, 0.25) is 0 Å². The molecule has 7 heteroatoms. The number of pyridine rings is 1. The molecule has 2 aliphatic heterocycles. The average molecular weight is 381 g/mol. The smallest absolute Gasteiger partial charge is 0.261 e. The number of aromatic nitrogens is 1. The number of likely N-dealkylation sites (N-methyl/N-ethyl adjacent to an activating group) is 1. The summed E-state index contributed by atoms with van der Waals surface area (Å²) in [6, 6.07) is 10.7. The Hall–Kier alpha value is -2.93. The first-order valence-corrected chi connectivity index (χ1v) is 9.51. The lowest BCUT2D eigenvalue weighted by Crippen LogP contribution is -2.40. The Balaban J connectivity index is 1.20. The fourth-order valence-corrected chi connectivity index (χ4v) is 3.57.